The number of carbonyl (C=O) groups excluding carboxylic acids is 2. The molecule has 0 radical (unpaired) electrons. The Kier molecular flexibility index (Phi) is 6.44. The maximum atomic E-state index is 12.5. The van der Waals surface area contributed by atoms with Crippen LogP contribution in [0, 0.1) is 6.92 Å². The Hall–Kier alpha value is -2.27. The van der Waals surface area contributed by atoms with Gasteiger partial charge in [0.05, 0.1) is 23.6 Å². The lowest BCUT2D eigenvalue weighted by molar-refractivity contribution is -0.115. The Morgan fingerprint density at radius 2 is 1.83 bits per heavy atom. The summed E-state index contributed by atoms with van der Waals surface area (Å²) < 4.78 is 4.78. The monoisotopic (exact) mass is 343 g/mol. The number of thioether (sulfide) groups is 1. The van der Waals surface area contributed by atoms with E-state index in [9.17, 15) is 9.59 Å². The Bertz CT molecular complexity index is 716. The minimum atomic E-state index is -0.460. The number of benzene rings is 2. The van der Waals surface area contributed by atoms with Crippen molar-refractivity contribution < 1.29 is 14.3 Å². The fraction of sp³-hybridized carbons (Fsp3) is 0.263. The van der Waals surface area contributed by atoms with Crippen molar-refractivity contribution in [2.75, 3.05) is 12.4 Å². The van der Waals surface area contributed by atoms with Crippen LogP contribution < -0.4 is 5.32 Å². The Morgan fingerprint density at radius 3 is 2.50 bits per heavy atom. The fourth-order valence-corrected chi connectivity index (χ4v) is 3.05. The van der Waals surface area contributed by atoms with Crippen LogP contribution in [-0.4, -0.2) is 24.2 Å². The third-order valence-electron chi connectivity index (χ3n) is 3.64. The molecule has 0 saturated heterocycles. The largest absolute Gasteiger partial charge is 0.465 e. The van der Waals surface area contributed by atoms with Crippen LogP contribution in [0.1, 0.15) is 28.4 Å². The van der Waals surface area contributed by atoms with Crippen molar-refractivity contribution in [2.45, 2.75) is 24.9 Å². The Morgan fingerprint density at radius 1 is 1.12 bits per heavy atom. The van der Waals surface area contributed by atoms with E-state index in [2.05, 4.69) is 5.32 Å². The number of anilines is 1. The molecule has 0 aliphatic heterocycles. The van der Waals surface area contributed by atoms with Gasteiger partial charge in [-0.3, -0.25) is 4.79 Å². The molecule has 24 heavy (non-hydrogen) atoms. The number of aryl methyl sites for hydroxylation is 1. The third-order valence-corrected chi connectivity index (χ3v) is 4.85. The van der Waals surface area contributed by atoms with Crippen molar-refractivity contribution in [1.82, 2.24) is 0 Å². The second kappa shape index (κ2) is 8.55. The summed E-state index contributed by atoms with van der Waals surface area (Å²) in [4.78, 5) is 24.3. The van der Waals surface area contributed by atoms with Gasteiger partial charge in [0, 0.05) is 5.75 Å². The van der Waals surface area contributed by atoms with Crippen LogP contribution >= 0.6 is 11.8 Å². The van der Waals surface area contributed by atoms with Gasteiger partial charge in [-0.05, 0) is 31.0 Å². The average Bonchev–Trinajstić information content (AvgIpc) is 2.61. The first-order chi connectivity index (χ1) is 11.5. The van der Waals surface area contributed by atoms with Crippen LogP contribution in [-0.2, 0) is 15.3 Å². The lowest BCUT2D eigenvalue weighted by atomic mass is 10.1. The van der Waals surface area contributed by atoms with Crippen molar-refractivity contribution in [3.8, 4) is 0 Å². The predicted octanol–water partition coefficient (Wildman–Crippen LogP) is 4.04. The molecular formula is C19H21NO3S. The normalized spacial score (nSPS) is 11.6. The number of rotatable bonds is 6. The molecule has 0 fully saturated rings. The number of ether oxygens (including phenoxy) is 1. The Labute approximate surface area is 146 Å². The quantitative estimate of drug-likeness (QED) is 0.804. The third kappa shape index (κ3) is 4.61. The van der Waals surface area contributed by atoms with E-state index in [-0.39, 0.29) is 11.2 Å². The first-order valence-electron chi connectivity index (χ1n) is 7.67. The summed E-state index contributed by atoms with van der Waals surface area (Å²) in [6.07, 6.45) is 0. The van der Waals surface area contributed by atoms with Gasteiger partial charge in [-0.2, -0.15) is 0 Å². The van der Waals surface area contributed by atoms with Crippen molar-refractivity contribution >= 4 is 29.3 Å². The van der Waals surface area contributed by atoms with Crippen molar-refractivity contribution in [2.24, 2.45) is 0 Å². The molecule has 1 atom stereocenters. The number of amides is 1. The van der Waals surface area contributed by atoms with E-state index < -0.39 is 5.97 Å². The van der Waals surface area contributed by atoms with Crippen LogP contribution in [0.5, 0.6) is 0 Å². The zero-order chi connectivity index (χ0) is 17.5. The molecule has 126 valence electrons. The van der Waals surface area contributed by atoms with Gasteiger partial charge in [-0.15, -0.1) is 11.8 Å². The van der Waals surface area contributed by atoms with E-state index in [0.717, 1.165) is 11.3 Å². The van der Waals surface area contributed by atoms with Gasteiger partial charge >= 0.3 is 5.97 Å². The first kappa shape index (κ1) is 18.1. The topological polar surface area (TPSA) is 55.4 Å². The summed E-state index contributed by atoms with van der Waals surface area (Å²) in [7, 11) is 1.33. The summed E-state index contributed by atoms with van der Waals surface area (Å²) in [5.41, 5.74) is 2.88. The van der Waals surface area contributed by atoms with Crippen molar-refractivity contribution in [1.29, 1.82) is 0 Å². The number of carbonyl (C=O) groups is 2. The zero-order valence-electron chi connectivity index (χ0n) is 14.0. The van der Waals surface area contributed by atoms with Gasteiger partial charge in [0.25, 0.3) is 0 Å². The molecule has 1 N–H and O–H groups in total. The second-order valence-corrected chi connectivity index (χ2v) is 6.75. The van der Waals surface area contributed by atoms with E-state index >= 15 is 0 Å². The summed E-state index contributed by atoms with van der Waals surface area (Å²) in [6, 6.07) is 15.3. The molecule has 0 aliphatic rings. The highest BCUT2D eigenvalue weighted by Crippen LogP contribution is 2.24. The molecule has 0 aliphatic carbocycles. The van der Waals surface area contributed by atoms with Crippen LogP contribution in [0.4, 0.5) is 5.69 Å². The molecule has 1 amide bonds. The molecule has 5 heteroatoms. The highest BCUT2D eigenvalue weighted by Gasteiger charge is 2.19. The SMILES string of the molecule is COC(=O)c1cccc(C)c1NC(=O)C(C)SCc1ccccc1. The molecule has 0 aromatic heterocycles. The minimum Gasteiger partial charge on any atom is -0.465 e. The number of methoxy groups -OCH3 is 1. The van der Waals surface area contributed by atoms with E-state index in [0.29, 0.717) is 11.3 Å². The molecule has 1 unspecified atom stereocenters. The fourth-order valence-electron chi connectivity index (χ4n) is 2.21. The molecule has 2 aromatic carbocycles. The molecule has 2 rings (SSSR count). The van der Waals surface area contributed by atoms with Gasteiger partial charge in [0.2, 0.25) is 5.91 Å². The summed E-state index contributed by atoms with van der Waals surface area (Å²) >= 11 is 1.55. The number of hydrogen-bond donors (Lipinski definition) is 1. The lowest BCUT2D eigenvalue weighted by Gasteiger charge is -2.16. The van der Waals surface area contributed by atoms with Gasteiger partial charge in [0.15, 0.2) is 0 Å². The molecule has 4 nitrogen and oxygen atoms in total. The maximum Gasteiger partial charge on any atom is 0.339 e. The van der Waals surface area contributed by atoms with E-state index in [1.165, 1.54) is 12.7 Å². The van der Waals surface area contributed by atoms with Crippen molar-refractivity contribution in [3.63, 3.8) is 0 Å². The highest BCUT2D eigenvalue weighted by atomic mass is 32.2. The smallest absolute Gasteiger partial charge is 0.339 e. The summed E-state index contributed by atoms with van der Waals surface area (Å²) in [5.74, 6) is 0.168. The number of hydrogen-bond acceptors (Lipinski definition) is 4. The van der Waals surface area contributed by atoms with Crippen LogP contribution in [0.2, 0.25) is 0 Å². The van der Waals surface area contributed by atoms with Crippen LogP contribution in [0.25, 0.3) is 0 Å². The number of nitrogens with one attached hydrogen (secondary N) is 1. The summed E-state index contributed by atoms with van der Waals surface area (Å²) in [5, 5.41) is 2.63. The van der Waals surface area contributed by atoms with E-state index in [4.69, 9.17) is 4.74 Å². The number of esters is 1. The molecular weight excluding hydrogens is 322 g/mol. The summed E-state index contributed by atoms with van der Waals surface area (Å²) in [6.45, 7) is 3.71. The molecule has 0 heterocycles. The first-order valence-corrected chi connectivity index (χ1v) is 8.72. The van der Waals surface area contributed by atoms with Gasteiger partial charge in [-0.1, -0.05) is 42.5 Å². The van der Waals surface area contributed by atoms with E-state index in [1.54, 1.807) is 23.9 Å². The predicted molar refractivity (Wildman–Crippen MR) is 98.3 cm³/mol. The van der Waals surface area contributed by atoms with E-state index in [1.807, 2.05) is 50.2 Å². The average molecular weight is 343 g/mol. The van der Waals surface area contributed by atoms with Gasteiger partial charge in [-0.25, -0.2) is 4.79 Å². The van der Waals surface area contributed by atoms with Gasteiger partial charge < -0.3 is 10.1 Å². The minimum absolute atomic E-state index is 0.129. The van der Waals surface area contributed by atoms with Crippen LogP contribution in [0.3, 0.4) is 0 Å². The number of para-hydroxylation sites is 1. The highest BCUT2D eigenvalue weighted by molar-refractivity contribution is 7.99. The maximum absolute atomic E-state index is 12.5. The molecule has 0 saturated carbocycles. The second-order valence-electron chi connectivity index (χ2n) is 5.42. The standard InChI is InChI=1S/C19H21NO3S/c1-13-8-7-11-16(19(22)23-3)17(13)20-18(21)14(2)24-12-15-9-5-4-6-10-15/h4-11,14H,12H2,1-3H3,(H,20,21). The molecule has 2 aromatic rings. The zero-order valence-corrected chi connectivity index (χ0v) is 14.9. The van der Waals surface area contributed by atoms with Crippen LogP contribution in [0.15, 0.2) is 48.5 Å². The van der Waals surface area contributed by atoms with Crippen molar-refractivity contribution in [3.05, 3.63) is 65.2 Å². The molecule has 0 spiro atoms. The van der Waals surface area contributed by atoms with Gasteiger partial charge in [0.1, 0.15) is 0 Å². The molecule has 0 bridgehead atoms. The lowest BCUT2D eigenvalue weighted by Crippen LogP contribution is -2.24. The Balaban J connectivity index is 2.05.